The van der Waals surface area contributed by atoms with Gasteiger partial charge in [0, 0.05) is 21.7 Å². The Labute approximate surface area is 231 Å². The minimum Gasteiger partial charge on any atom is -0.462 e. The molecule has 1 aromatic heterocycles. The molecule has 4 aromatic carbocycles. The Morgan fingerprint density at radius 3 is 2.00 bits per heavy atom. The van der Waals surface area contributed by atoms with Crippen molar-refractivity contribution in [2.75, 3.05) is 4.90 Å². The lowest BCUT2D eigenvalue weighted by atomic mass is 9.84. The number of nitrogens with zero attached hydrogens (tertiary/aromatic N) is 1. The van der Waals surface area contributed by atoms with Crippen molar-refractivity contribution in [2.24, 2.45) is 0 Å². The molecule has 194 valence electrons. The topological polar surface area (TPSA) is 16.4 Å². The van der Waals surface area contributed by atoms with Crippen LogP contribution in [0.15, 0.2) is 95.6 Å². The first kappa shape index (κ1) is 26.1. The Morgan fingerprint density at radius 2 is 1.34 bits per heavy atom. The zero-order chi connectivity index (χ0) is 27.2. The van der Waals surface area contributed by atoms with E-state index in [1.54, 1.807) is 0 Å². The molecule has 0 saturated carbocycles. The van der Waals surface area contributed by atoms with Gasteiger partial charge in [0.2, 0.25) is 0 Å². The third-order valence-electron chi connectivity index (χ3n) is 7.13. The lowest BCUT2D eigenvalue weighted by Crippen LogP contribution is -2.15. The van der Waals surface area contributed by atoms with Gasteiger partial charge >= 0.3 is 0 Å². The highest BCUT2D eigenvalue weighted by Crippen LogP contribution is 2.46. The summed E-state index contributed by atoms with van der Waals surface area (Å²) < 4.78 is 6.15. The van der Waals surface area contributed by atoms with Crippen molar-refractivity contribution in [3.63, 3.8) is 0 Å². The van der Waals surface area contributed by atoms with E-state index < -0.39 is 0 Å². The molecule has 0 atom stereocenters. The van der Waals surface area contributed by atoms with Gasteiger partial charge in [-0.3, -0.25) is 0 Å². The van der Waals surface area contributed by atoms with Crippen LogP contribution in [-0.4, -0.2) is 0 Å². The molecular formula is C35H36ClNO. The van der Waals surface area contributed by atoms with Gasteiger partial charge in [0.1, 0.15) is 11.8 Å². The van der Waals surface area contributed by atoms with Crippen molar-refractivity contribution in [3.8, 4) is 11.1 Å². The van der Waals surface area contributed by atoms with Crippen molar-refractivity contribution < 1.29 is 4.42 Å². The van der Waals surface area contributed by atoms with Crippen LogP contribution in [0.4, 0.5) is 17.1 Å². The molecule has 0 bridgehead atoms. The minimum absolute atomic E-state index is 0.0173. The van der Waals surface area contributed by atoms with Gasteiger partial charge in [-0.1, -0.05) is 95.6 Å². The molecular weight excluding hydrogens is 486 g/mol. The van der Waals surface area contributed by atoms with E-state index in [9.17, 15) is 0 Å². The molecule has 1 heterocycles. The Kier molecular flexibility index (Phi) is 6.65. The van der Waals surface area contributed by atoms with Crippen LogP contribution in [0, 0.1) is 6.92 Å². The number of aryl methyl sites for hydroxylation is 1. The van der Waals surface area contributed by atoms with Crippen molar-refractivity contribution in [1.29, 1.82) is 0 Å². The van der Waals surface area contributed by atoms with Crippen LogP contribution in [0.1, 0.15) is 58.2 Å². The zero-order valence-corrected chi connectivity index (χ0v) is 24.1. The number of rotatable bonds is 4. The van der Waals surface area contributed by atoms with E-state index in [-0.39, 0.29) is 10.8 Å². The van der Waals surface area contributed by atoms with Crippen LogP contribution in [0.5, 0.6) is 0 Å². The second-order valence-electron chi connectivity index (χ2n) is 12.3. The summed E-state index contributed by atoms with van der Waals surface area (Å²) in [5, 5.41) is 1.79. The summed E-state index contributed by atoms with van der Waals surface area (Å²) in [4.78, 5) is 2.30. The average molecular weight is 522 g/mol. The second-order valence-corrected chi connectivity index (χ2v) is 12.7. The Bertz CT molecular complexity index is 1580. The standard InChI is InChI=1S/C35H36ClNO/c1-23-17-27(36)21-28(18-23)37(32-22-38-33-16-14-26(20-30(32)33)35(5,6)7)31-15-13-25(34(2,3)4)19-29(31)24-11-9-8-10-12-24/h8-22H,1-7H3. The molecule has 0 aliphatic heterocycles. The number of fused-ring (bicyclic) bond motifs is 1. The average Bonchev–Trinajstić information content (AvgIpc) is 3.26. The summed E-state index contributed by atoms with van der Waals surface area (Å²) >= 11 is 6.64. The molecule has 3 heteroatoms. The summed E-state index contributed by atoms with van der Waals surface area (Å²) in [7, 11) is 0. The third-order valence-corrected chi connectivity index (χ3v) is 7.35. The lowest BCUT2D eigenvalue weighted by molar-refractivity contribution is 0.589. The van der Waals surface area contributed by atoms with E-state index in [1.165, 1.54) is 16.7 Å². The summed E-state index contributed by atoms with van der Waals surface area (Å²) in [6.07, 6.45) is 1.87. The van der Waals surface area contributed by atoms with E-state index in [4.69, 9.17) is 16.0 Å². The number of hydrogen-bond donors (Lipinski definition) is 0. The van der Waals surface area contributed by atoms with Crippen molar-refractivity contribution in [2.45, 2.75) is 59.3 Å². The van der Waals surface area contributed by atoms with E-state index in [1.807, 2.05) is 18.4 Å². The van der Waals surface area contributed by atoms with Gasteiger partial charge in [-0.15, -0.1) is 0 Å². The fourth-order valence-electron chi connectivity index (χ4n) is 4.96. The highest BCUT2D eigenvalue weighted by molar-refractivity contribution is 6.31. The highest BCUT2D eigenvalue weighted by atomic mass is 35.5. The van der Waals surface area contributed by atoms with Crippen LogP contribution >= 0.6 is 11.6 Å². The molecule has 0 fully saturated rings. The van der Waals surface area contributed by atoms with Gasteiger partial charge < -0.3 is 9.32 Å². The smallest absolute Gasteiger partial charge is 0.136 e. The van der Waals surface area contributed by atoms with E-state index in [2.05, 4.69) is 126 Å². The number of halogens is 1. The van der Waals surface area contributed by atoms with Crippen LogP contribution in [0.2, 0.25) is 5.02 Å². The first-order valence-electron chi connectivity index (χ1n) is 13.2. The van der Waals surface area contributed by atoms with Gasteiger partial charge in [0.05, 0.1) is 11.4 Å². The summed E-state index contributed by atoms with van der Waals surface area (Å²) in [5.74, 6) is 0. The van der Waals surface area contributed by atoms with Crippen LogP contribution in [0.3, 0.4) is 0 Å². The Hall–Kier alpha value is -3.49. The third kappa shape index (κ3) is 5.11. The molecule has 0 N–H and O–H groups in total. The van der Waals surface area contributed by atoms with Crippen LogP contribution < -0.4 is 4.90 Å². The molecule has 0 unspecified atom stereocenters. The van der Waals surface area contributed by atoms with Gasteiger partial charge in [-0.2, -0.15) is 0 Å². The predicted molar refractivity (Wildman–Crippen MR) is 163 cm³/mol. The second kappa shape index (κ2) is 9.67. The van der Waals surface area contributed by atoms with E-state index >= 15 is 0 Å². The Morgan fingerprint density at radius 1 is 0.684 bits per heavy atom. The maximum atomic E-state index is 6.64. The summed E-state index contributed by atoms with van der Waals surface area (Å²) in [6.45, 7) is 15.6. The molecule has 0 aliphatic rings. The number of furan rings is 1. The van der Waals surface area contributed by atoms with Crippen LogP contribution in [0.25, 0.3) is 22.1 Å². The van der Waals surface area contributed by atoms with Crippen molar-refractivity contribution >= 4 is 39.6 Å². The van der Waals surface area contributed by atoms with Gasteiger partial charge in [0.15, 0.2) is 0 Å². The summed E-state index contributed by atoms with van der Waals surface area (Å²) in [6, 6.07) is 30.2. The predicted octanol–water partition coefficient (Wildman–Crippen LogP) is 11.1. The lowest BCUT2D eigenvalue weighted by Gasteiger charge is -2.29. The molecule has 0 spiro atoms. The quantitative estimate of drug-likeness (QED) is 0.234. The fourth-order valence-corrected chi connectivity index (χ4v) is 5.24. The molecule has 0 radical (unpaired) electrons. The normalized spacial score (nSPS) is 12.2. The monoisotopic (exact) mass is 521 g/mol. The molecule has 5 aromatic rings. The Balaban J connectivity index is 1.84. The molecule has 5 rings (SSSR count). The number of anilines is 3. The fraction of sp³-hybridized carbons (Fsp3) is 0.257. The first-order chi connectivity index (χ1) is 17.9. The van der Waals surface area contributed by atoms with E-state index in [0.29, 0.717) is 5.02 Å². The maximum Gasteiger partial charge on any atom is 0.136 e. The SMILES string of the molecule is Cc1cc(Cl)cc(N(c2ccc(C(C)(C)C)cc2-c2ccccc2)c2coc3ccc(C(C)(C)C)cc23)c1. The van der Waals surface area contributed by atoms with Crippen molar-refractivity contribution in [3.05, 3.63) is 113 Å². The maximum absolute atomic E-state index is 6.64. The number of benzene rings is 4. The van der Waals surface area contributed by atoms with Gasteiger partial charge in [0.25, 0.3) is 0 Å². The van der Waals surface area contributed by atoms with E-state index in [0.717, 1.165) is 39.2 Å². The molecule has 0 saturated heterocycles. The zero-order valence-electron chi connectivity index (χ0n) is 23.4. The largest absolute Gasteiger partial charge is 0.462 e. The number of hydrogen-bond acceptors (Lipinski definition) is 2. The minimum atomic E-state index is 0.0173. The first-order valence-corrected chi connectivity index (χ1v) is 13.6. The van der Waals surface area contributed by atoms with Crippen LogP contribution in [-0.2, 0) is 10.8 Å². The van der Waals surface area contributed by atoms with Gasteiger partial charge in [-0.05, 0) is 82.5 Å². The summed E-state index contributed by atoms with van der Waals surface area (Å²) in [5.41, 5.74) is 9.96. The molecule has 0 amide bonds. The molecule has 38 heavy (non-hydrogen) atoms. The molecule has 0 aliphatic carbocycles. The highest BCUT2D eigenvalue weighted by Gasteiger charge is 2.25. The van der Waals surface area contributed by atoms with Crippen molar-refractivity contribution in [1.82, 2.24) is 0 Å². The van der Waals surface area contributed by atoms with Gasteiger partial charge in [-0.25, -0.2) is 0 Å². The molecule has 2 nitrogen and oxygen atoms in total.